The Morgan fingerprint density at radius 1 is 1.00 bits per heavy atom. The Balaban J connectivity index is 1.33. The molecule has 2 unspecified atom stereocenters. The molecule has 2 heterocycles. The molecule has 0 spiro atoms. The summed E-state index contributed by atoms with van der Waals surface area (Å²) in [7, 11) is 1.62. The minimum absolute atomic E-state index is 0.0806. The topological polar surface area (TPSA) is 87.7 Å². The first-order valence-corrected chi connectivity index (χ1v) is 12.2. The van der Waals surface area contributed by atoms with Crippen molar-refractivity contribution in [1.29, 1.82) is 0 Å². The van der Waals surface area contributed by atoms with Gasteiger partial charge in [-0.25, -0.2) is 0 Å². The number of carbonyl (C=O) groups is 3. The number of rotatable bonds is 4. The van der Waals surface area contributed by atoms with Crippen LogP contribution < -0.4 is 15.4 Å². The summed E-state index contributed by atoms with van der Waals surface area (Å²) in [6.07, 6.45) is 6.39. The molecule has 1 saturated heterocycles. The van der Waals surface area contributed by atoms with E-state index < -0.39 is 6.04 Å². The molecular weight excluding hydrogens is 430 g/mol. The molecule has 2 fully saturated rings. The lowest BCUT2D eigenvalue weighted by molar-refractivity contribution is -0.128. The van der Waals surface area contributed by atoms with Gasteiger partial charge in [0.05, 0.1) is 18.4 Å². The monoisotopic (exact) mass is 461 g/mol. The summed E-state index contributed by atoms with van der Waals surface area (Å²) in [6, 6.07) is 12.5. The highest BCUT2D eigenvalue weighted by Gasteiger charge is 2.40. The average Bonchev–Trinajstić information content (AvgIpc) is 2.98. The van der Waals surface area contributed by atoms with Crippen molar-refractivity contribution in [3.8, 4) is 16.9 Å². The van der Waals surface area contributed by atoms with Crippen LogP contribution in [-0.4, -0.2) is 48.4 Å². The van der Waals surface area contributed by atoms with Gasteiger partial charge in [0, 0.05) is 18.5 Å². The fourth-order valence-electron chi connectivity index (χ4n) is 5.44. The first-order chi connectivity index (χ1) is 16.5. The zero-order chi connectivity index (χ0) is 23.7. The Kier molecular flexibility index (Phi) is 6.26. The van der Waals surface area contributed by atoms with Crippen molar-refractivity contribution < 1.29 is 19.1 Å². The molecule has 5 rings (SSSR count). The van der Waals surface area contributed by atoms with Gasteiger partial charge in [-0.2, -0.15) is 0 Å². The van der Waals surface area contributed by atoms with Crippen LogP contribution in [-0.2, 0) is 9.59 Å². The minimum atomic E-state index is -0.588. The first kappa shape index (κ1) is 22.4. The van der Waals surface area contributed by atoms with Crippen molar-refractivity contribution in [3.05, 3.63) is 48.0 Å². The number of nitrogens with zero attached hydrogens (tertiary/aromatic N) is 1. The van der Waals surface area contributed by atoms with Gasteiger partial charge in [0.2, 0.25) is 11.8 Å². The van der Waals surface area contributed by atoms with Crippen molar-refractivity contribution in [1.82, 2.24) is 10.2 Å². The van der Waals surface area contributed by atoms with Crippen LogP contribution in [0.1, 0.15) is 55.3 Å². The Hall–Kier alpha value is -3.35. The molecule has 0 aromatic heterocycles. The number of amides is 3. The third-order valence-electron chi connectivity index (χ3n) is 7.42. The summed E-state index contributed by atoms with van der Waals surface area (Å²) in [5.74, 6) is 0.609. The largest absolute Gasteiger partial charge is 0.497 e. The molecule has 3 aliphatic rings. The molecular formula is C27H31N3O4. The van der Waals surface area contributed by atoms with Crippen molar-refractivity contribution in [2.75, 3.05) is 19.0 Å². The molecule has 1 saturated carbocycles. The van der Waals surface area contributed by atoms with Gasteiger partial charge in [0.25, 0.3) is 5.91 Å². The highest BCUT2D eigenvalue weighted by Crippen LogP contribution is 2.32. The quantitative estimate of drug-likeness (QED) is 0.721. The van der Waals surface area contributed by atoms with E-state index in [1.165, 1.54) is 6.42 Å². The number of nitrogens with one attached hydrogen (secondary N) is 2. The van der Waals surface area contributed by atoms with Crippen molar-refractivity contribution in [2.24, 2.45) is 5.92 Å². The summed E-state index contributed by atoms with van der Waals surface area (Å²) in [5, 5.41) is 6.12. The van der Waals surface area contributed by atoms with Crippen LogP contribution in [0.5, 0.6) is 5.75 Å². The number of fused-ring (bicyclic) bond motifs is 2. The van der Waals surface area contributed by atoms with E-state index in [4.69, 9.17) is 4.74 Å². The third-order valence-corrected chi connectivity index (χ3v) is 7.42. The Labute approximate surface area is 199 Å². The van der Waals surface area contributed by atoms with E-state index in [-0.39, 0.29) is 29.7 Å². The Morgan fingerprint density at radius 2 is 1.74 bits per heavy atom. The standard InChI is InChI=1S/C27H31N3O4/c1-34-21-10-7-17(8-11-21)19-9-12-23-22(15-19)27(33)30-14-13-20(16-24(30)26(32)29-23)28-25(31)18-5-3-2-4-6-18/h7-12,15,18,20,24H,2-6,13-14,16H2,1H3,(H,28,31)(H,29,32). The molecule has 178 valence electrons. The number of methoxy groups -OCH3 is 1. The van der Waals surface area contributed by atoms with Crippen LogP contribution in [0.4, 0.5) is 5.69 Å². The van der Waals surface area contributed by atoms with E-state index in [1.807, 2.05) is 36.4 Å². The molecule has 2 aliphatic heterocycles. The van der Waals surface area contributed by atoms with E-state index in [9.17, 15) is 14.4 Å². The highest BCUT2D eigenvalue weighted by molar-refractivity contribution is 6.10. The number of anilines is 1. The number of piperidine rings is 1. The molecule has 0 radical (unpaired) electrons. The Morgan fingerprint density at radius 3 is 2.47 bits per heavy atom. The molecule has 3 amide bonds. The molecule has 7 heteroatoms. The maximum absolute atomic E-state index is 13.5. The summed E-state index contributed by atoms with van der Waals surface area (Å²) >= 11 is 0. The van der Waals surface area contributed by atoms with Gasteiger partial charge in [-0.1, -0.05) is 37.5 Å². The fraction of sp³-hybridized carbons (Fsp3) is 0.444. The second kappa shape index (κ2) is 9.49. The van der Waals surface area contributed by atoms with Crippen molar-refractivity contribution in [2.45, 2.75) is 57.0 Å². The van der Waals surface area contributed by atoms with E-state index in [0.717, 1.165) is 42.6 Å². The van der Waals surface area contributed by atoms with Crippen LogP contribution in [0.15, 0.2) is 42.5 Å². The van der Waals surface area contributed by atoms with Crippen LogP contribution >= 0.6 is 0 Å². The number of ether oxygens (including phenoxy) is 1. The van der Waals surface area contributed by atoms with E-state index in [1.54, 1.807) is 18.1 Å². The first-order valence-electron chi connectivity index (χ1n) is 12.2. The van der Waals surface area contributed by atoms with Gasteiger partial charge in [-0.05, 0) is 61.1 Å². The van der Waals surface area contributed by atoms with Crippen LogP contribution in [0.2, 0.25) is 0 Å². The molecule has 7 nitrogen and oxygen atoms in total. The number of hydrogen-bond acceptors (Lipinski definition) is 4. The number of benzene rings is 2. The molecule has 2 aromatic carbocycles. The van der Waals surface area contributed by atoms with Gasteiger partial charge in [0.15, 0.2) is 0 Å². The molecule has 1 aliphatic carbocycles. The highest BCUT2D eigenvalue weighted by atomic mass is 16.5. The lowest BCUT2D eigenvalue weighted by Gasteiger charge is -2.38. The van der Waals surface area contributed by atoms with E-state index >= 15 is 0 Å². The van der Waals surface area contributed by atoms with Gasteiger partial charge in [-0.3, -0.25) is 14.4 Å². The predicted molar refractivity (Wildman–Crippen MR) is 130 cm³/mol. The second-order valence-electron chi connectivity index (χ2n) is 9.56. The van der Waals surface area contributed by atoms with E-state index in [2.05, 4.69) is 10.6 Å². The van der Waals surface area contributed by atoms with Gasteiger partial charge < -0.3 is 20.3 Å². The molecule has 2 atom stereocenters. The maximum Gasteiger partial charge on any atom is 0.256 e. The van der Waals surface area contributed by atoms with Crippen molar-refractivity contribution >= 4 is 23.4 Å². The third kappa shape index (κ3) is 4.39. The Bertz CT molecular complexity index is 1090. The number of hydrogen-bond donors (Lipinski definition) is 2. The lowest BCUT2D eigenvalue weighted by atomic mass is 9.88. The lowest BCUT2D eigenvalue weighted by Crippen LogP contribution is -2.55. The van der Waals surface area contributed by atoms with E-state index in [0.29, 0.717) is 30.6 Å². The molecule has 0 bridgehead atoms. The van der Waals surface area contributed by atoms with Gasteiger partial charge in [-0.15, -0.1) is 0 Å². The van der Waals surface area contributed by atoms with Gasteiger partial charge in [0.1, 0.15) is 11.8 Å². The molecule has 2 aromatic rings. The summed E-state index contributed by atoms with van der Waals surface area (Å²) in [5.41, 5.74) is 2.89. The summed E-state index contributed by atoms with van der Waals surface area (Å²) < 4.78 is 5.23. The average molecular weight is 462 g/mol. The predicted octanol–water partition coefficient (Wildman–Crippen LogP) is 3.98. The molecule has 34 heavy (non-hydrogen) atoms. The number of carbonyl (C=O) groups excluding carboxylic acids is 3. The second-order valence-corrected chi connectivity index (χ2v) is 9.56. The molecule has 2 N–H and O–H groups in total. The normalized spacial score (nSPS) is 22.8. The zero-order valence-corrected chi connectivity index (χ0v) is 19.5. The van der Waals surface area contributed by atoms with Crippen LogP contribution in [0, 0.1) is 5.92 Å². The SMILES string of the molecule is COc1ccc(-c2ccc3c(c2)C(=O)N2CCC(NC(=O)C4CCCCC4)CC2C(=O)N3)cc1. The maximum atomic E-state index is 13.5. The fourth-order valence-corrected chi connectivity index (χ4v) is 5.44. The summed E-state index contributed by atoms with van der Waals surface area (Å²) in [6.45, 7) is 0.443. The summed E-state index contributed by atoms with van der Waals surface area (Å²) in [4.78, 5) is 41.0. The van der Waals surface area contributed by atoms with Gasteiger partial charge >= 0.3 is 0 Å². The van der Waals surface area contributed by atoms with Crippen LogP contribution in [0.3, 0.4) is 0 Å². The smallest absolute Gasteiger partial charge is 0.256 e. The minimum Gasteiger partial charge on any atom is -0.497 e. The van der Waals surface area contributed by atoms with Crippen molar-refractivity contribution in [3.63, 3.8) is 0 Å². The zero-order valence-electron chi connectivity index (χ0n) is 19.5. The van der Waals surface area contributed by atoms with Crippen LogP contribution in [0.25, 0.3) is 11.1 Å².